The normalized spacial score (nSPS) is 12.2. The van der Waals surface area contributed by atoms with Crippen molar-refractivity contribution in [3.05, 3.63) is 88.5 Å². The smallest absolute Gasteiger partial charge is 0.251 e. The summed E-state index contributed by atoms with van der Waals surface area (Å²) < 4.78 is 5.48. The molecule has 1 atom stereocenters. The Kier molecular flexibility index (Phi) is 5.66. The van der Waals surface area contributed by atoms with Gasteiger partial charge in [0.2, 0.25) is 0 Å². The molecule has 0 aliphatic heterocycles. The highest BCUT2D eigenvalue weighted by atomic mass is 16.5. The number of fused-ring (bicyclic) bond motifs is 2. The number of hydrogen-bond donors (Lipinski definition) is 2. The van der Waals surface area contributed by atoms with Gasteiger partial charge in [-0.2, -0.15) is 0 Å². The lowest BCUT2D eigenvalue weighted by Gasteiger charge is -2.16. The van der Waals surface area contributed by atoms with E-state index in [1.165, 1.54) is 0 Å². The van der Waals surface area contributed by atoms with Crippen molar-refractivity contribution < 1.29 is 14.6 Å². The van der Waals surface area contributed by atoms with Crippen molar-refractivity contribution in [3.63, 3.8) is 0 Å². The zero-order chi connectivity index (χ0) is 22.1. The molecule has 0 aliphatic carbocycles. The first kappa shape index (κ1) is 20.9. The summed E-state index contributed by atoms with van der Waals surface area (Å²) in [5.74, 6) is 0.798. The van der Waals surface area contributed by atoms with Crippen molar-refractivity contribution >= 4 is 27.5 Å². The molecule has 4 nitrogen and oxygen atoms in total. The van der Waals surface area contributed by atoms with Gasteiger partial charge in [-0.15, -0.1) is 0 Å². The number of methoxy groups -OCH3 is 1. The Bertz CT molecular complexity index is 1290. The molecule has 4 aromatic rings. The number of aryl methyl sites for hydroxylation is 2. The highest BCUT2D eigenvalue weighted by molar-refractivity contribution is 5.98. The molecule has 1 unspecified atom stereocenters. The van der Waals surface area contributed by atoms with Crippen LogP contribution in [0, 0.1) is 13.8 Å². The summed E-state index contributed by atoms with van der Waals surface area (Å²) in [6, 6.07) is 19.6. The van der Waals surface area contributed by atoms with Crippen molar-refractivity contribution in [2.45, 2.75) is 26.9 Å². The topological polar surface area (TPSA) is 58.6 Å². The summed E-state index contributed by atoms with van der Waals surface area (Å²) in [6.07, 6.45) is -0.737. The van der Waals surface area contributed by atoms with Crippen LogP contribution in [0.4, 0.5) is 0 Å². The standard InChI is InChI=1S/C27H27NO3/c1-5-28-27(30)22-9-7-18-13-20(8-6-19(18)14-22)26(29)21-10-11-23-17(3)25(31-4)12-16(2)24(23)15-21/h6-15,26,29H,5H2,1-4H3,(H,28,30). The molecule has 1 amide bonds. The maximum absolute atomic E-state index is 12.1. The molecule has 4 aromatic carbocycles. The number of ether oxygens (including phenoxy) is 1. The van der Waals surface area contributed by atoms with Gasteiger partial charge < -0.3 is 15.2 Å². The molecule has 4 rings (SSSR count). The Hall–Kier alpha value is -3.37. The van der Waals surface area contributed by atoms with Crippen molar-refractivity contribution in [2.75, 3.05) is 13.7 Å². The van der Waals surface area contributed by atoms with Gasteiger partial charge in [-0.05, 0) is 94.9 Å². The zero-order valence-electron chi connectivity index (χ0n) is 18.3. The first-order valence-corrected chi connectivity index (χ1v) is 10.5. The lowest BCUT2D eigenvalue weighted by molar-refractivity contribution is 0.0956. The van der Waals surface area contributed by atoms with Crippen LogP contribution < -0.4 is 10.1 Å². The molecular formula is C27H27NO3. The number of hydrogen-bond acceptors (Lipinski definition) is 3. The van der Waals surface area contributed by atoms with Crippen LogP contribution >= 0.6 is 0 Å². The lowest BCUT2D eigenvalue weighted by atomic mass is 9.93. The summed E-state index contributed by atoms with van der Waals surface area (Å²) in [6.45, 7) is 6.61. The van der Waals surface area contributed by atoms with Crippen molar-refractivity contribution in [1.29, 1.82) is 0 Å². The third kappa shape index (κ3) is 3.87. The maximum Gasteiger partial charge on any atom is 0.251 e. The molecule has 0 aromatic heterocycles. The summed E-state index contributed by atoms with van der Waals surface area (Å²) in [4.78, 5) is 12.1. The van der Waals surface area contributed by atoms with Crippen LogP contribution in [0.15, 0.2) is 60.7 Å². The van der Waals surface area contributed by atoms with Crippen molar-refractivity contribution in [1.82, 2.24) is 5.32 Å². The van der Waals surface area contributed by atoms with E-state index in [-0.39, 0.29) is 5.91 Å². The number of benzene rings is 4. The van der Waals surface area contributed by atoms with E-state index < -0.39 is 6.10 Å². The Morgan fingerprint density at radius 3 is 2.35 bits per heavy atom. The van der Waals surface area contributed by atoms with Gasteiger partial charge in [0.05, 0.1) is 7.11 Å². The van der Waals surface area contributed by atoms with Crippen LogP contribution in [0.25, 0.3) is 21.5 Å². The van der Waals surface area contributed by atoms with Crippen molar-refractivity contribution in [2.24, 2.45) is 0 Å². The van der Waals surface area contributed by atoms with E-state index in [1.54, 1.807) is 7.11 Å². The van der Waals surface area contributed by atoms with E-state index in [2.05, 4.69) is 31.3 Å². The van der Waals surface area contributed by atoms with Crippen LogP contribution in [0.1, 0.15) is 45.6 Å². The van der Waals surface area contributed by atoms with Crippen LogP contribution in [0.5, 0.6) is 5.75 Å². The number of carbonyl (C=O) groups is 1. The van der Waals surface area contributed by atoms with Gasteiger partial charge in [-0.25, -0.2) is 0 Å². The largest absolute Gasteiger partial charge is 0.496 e. The van der Waals surface area contributed by atoms with Gasteiger partial charge in [0.15, 0.2) is 0 Å². The van der Waals surface area contributed by atoms with Crippen LogP contribution in [0.2, 0.25) is 0 Å². The van der Waals surface area contributed by atoms with Crippen LogP contribution in [0.3, 0.4) is 0 Å². The summed E-state index contributed by atoms with van der Waals surface area (Å²) in [7, 11) is 1.69. The number of nitrogens with one attached hydrogen (secondary N) is 1. The number of carbonyl (C=O) groups excluding carboxylic acids is 1. The molecule has 0 radical (unpaired) electrons. The molecule has 158 valence electrons. The van der Waals surface area contributed by atoms with E-state index in [9.17, 15) is 9.90 Å². The van der Waals surface area contributed by atoms with Gasteiger partial charge in [0.1, 0.15) is 11.9 Å². The minimum Gasteiger partial charge on any atom is -0.496 e. The fourth-order valence-electron chi connectivity index (χ4n) is 4.14. The Balaban J connectivity index is 1.70. The highest BCUT2D eigenvalue weighted by Crippen LogP contribution is 2.34. The third-order valence-electron chi connectivity index (χ3n) is 5.90. The molecule has 4 heteroatoms. The Morgan fingerprint density at radius 2 is 1.61 bits per heavy atom. The van der Waals surface area contributed by atoms with Crippen LogP contribution in [-0.4, -0.2) is 24.7 Å². The Morgan fingerprint density at radius 1 is 0.935 bits per heavy atom. The molecule has 0 saturated heterocycles. The van der Waals surface area contributed by atoms with E-state index in [1.807, 2.05) is 55.5 Å². The number of rotatable bonds is 5. The molecule has 0 spiro atoms. The molecule has 0 fully saturated rings. The fourth-order valence-corrected chi connectivity index (χ4v) is 4.14. The number of aliphatic hydroxyl groups is 1. The van der Waals surface area contributed by atoms with Crippen LogP contribution in [-0.2, 0) is 0 Å². The maximum atomic E-state index is 12.1. The first-order chi connectivity index (χ1) is 14.9. The molecule has 31 heavy (non-hydrogen) atoms. The first-order valence-electron chi connectivity index (χ1n) is 10.5. The molecule has 0 aliphatic rings. The SMILES string of the molecule is CCNC(=O)c1ccc2cc(C(O)c3ccc4c(C)c(OC)cc(C)c4c3)ccc2c1. The summed E-state index contributed by atoms with van der Waals surface area (Å²) in [5, 5.41) is 18.1. The van der Waals surface area contributed by atoms with Gasteiger partial charge in [0.25, 0.3) is 5.91 Å². The molecular weight excluding hydrogens is 386 g/mol. The number of aliphatic hydroxyl groups excluding tert-OH is 1. The predicted octanol–water partition coefficient (Wildman–Crippen LogP) is 5.45. The number of amides is 1. The molecule has 0 saturated carbocycles. The van der Waals surface area contributed by atoms with E-state index >= 15 is 0 Å². The van der Waals surface area contributed by atoms with E-state index in [0.717, 1.165) is 49.5 Å². The third-order valence-corrected chi connectivity index (χ3v) is 5.90. The second kappa shape index (κ2) is 8.40. The van der Waals surface area contributed by atoms with E-state index in [0.29, 0.717) is 12.1 Å². The average Bonchev–Trinajstić information content (AvgIpc) is 2.80. The minimum atomic E-state index is -0.737. The van der Waals surface area contributed by atoms with Gasteiger partial charge in [0, 0.05) is 12.1 Å². The van der Waals surface area contributed by atoms with Gasteiger partial charge in [-0.1, -0.05) is 30.3 Å². The lowest BCUT2D eigenvalue weighted by Crippen LogP contribution is -2.22. The monoisotopic (exact) mass is 413 g/mol. The Labute approximate surface area is 182 Å². The summed E-state index contributed by atoms with van der Waals surface area (Å²) in [5.41, 5.74) is 4.51. The van der Waals surface area contributed by atoms with Gasteiger partial charge >= 0.3 is 0 Å². The quantitative estimate of drug-likeness (QED) is 0.457. The second-order valence-electron chi connectivity index (χ2n) is 7.91. The fraction of sp³-hybridized carbons (Fsp3) is 0.222. The molecule has 2 N–H and O–H groups in total. The summed E-state index contributed by atoms with van der Waals surface area (Å²) >= 11 is 0. The molecule has 0 bridgehead atoms. The van der Waals surface area contributed by atoms with Gasteiger partial charge in [-0.3, -0.25) is 4.79 Å². The minimum absolute atomic E-state index is 0.0769. The average molecular weight is 414 g/mol. The zero-order valence-corrected chi connectivity index (χ0v) is 18.3. The molecule has 0 heterocycles. The van der Waals surface area contributed by atoms with Crippen molar-refractivity contribution in [3.8, 4) is 5.75 Å². The predicted molar refractivity (Wildman–Crippen MR) is 126 cm³/mol. The second-order valence-corrected chi connectivity index (χ2v) is 7.91. The highest BCUT2D eigenvalue weighted by Gasteiger charge is 2.15. The van der Waals surface area contributed by atoms with E-state index in [4.69, 9.17) is 4.74 Å².